The van der Waals surface area contributed by atoms with Gasteiger partial charge in [0.1, 0.15) is 5.75 Å². The summed E-state index contributed by atoms with van der Waals surface area (Å²) < 4.78 is 17.2. The molecule has 5 heteroatoms. The minimum atomic E-state index is -3.62. The van der Waals surface area contributed by atoms with Crippen molar-refractivity contribution in [2.75, 3.05) is 0 Å². The van der Waals surface area contributed by atoms with Crippen molar-refractivity contribution < 1.29 is 14.0 Å². The predicted octanol–water partition coefficient (Wildman–Crippen LogP) is 3.49. The Kier molecular flexibility index (Phi) is 2.96. The van der Waals surface area contributed by atoms with Gasteiger partial charge in [-0.1, -0.05) is 30.4 Å². The highest BCUT2D eigenvalue weighted by Gasteiger charge is 2.36. The molecule has 1 atom stereocenters. The highest BCUT2D eigenvalue weighted by molar-refractivity contribution is 7.58. The smallest absolute Gasteiger partial charge is 0.404 e. The average molecular weight is 251 g/mol. The normalized spacial score (nSPS) is 25.5. The van der Waals surface area contributed by atoms with E-state index >= 15 is 0 Å². The van der Waals surface area contributed by atoms with E-state index in [1.165, 1.54) is 0 Å². The van der Waals surface area contributed by atoms with Crippen LogP contribution >= 0.6 is 7.60 Å². The van der Waals surface area contributed by atoms with Crippen LogP contribution in [0.25, 0.3) is 5.57 Å². The fraction of sp³-hybridized carbons (Fsp3) is 0.167. The lowest BCUT2D eigenvalue weighted by Crippen LogP contribution is -2.07. The number of hydrogen-bond acceptors (Lipinski definition) is 3. The molecule has 1 aromatic carbocycles. The lowest BCUT2D eigenvalue weighted by Gasteiger charge is -2.27. The Morgan fingerprint density at radius 2 is 2.06 bits per heavy atom. The molecule has 1 aromatic rings. The topological polar surface area (TPSA) is 81.5 Å². The molecule has 17 heavy (non-hydrogen) atoms. The highest BCUT2D eigenvalue weighted by Crippen LogP contribution is 2.61. The van der Waals surface area contributed by atoms with E-state index in [9.17, 15) is 9.46 Å². The van der Waals surface area contributed by atoms with Gasteiger partial charge in [-0.05, 0) is 24.5 Å². The summed E-state index contributed by atoms with van der Waals surface area (Å²) in [5, 5.41) is 0.550. The molecule has 0 saturated heterocycles. The Bertz CT molecular complexity index is 563. The summed E-state index contributed by atoms with van der Waals surface area (Å²) in [5.74, 6) is 0.499. The molecule has 0 saturated carbocycles. The molecule has 90 valence electrons. The lowest BCUT2D eigenvalue weighted by molar-refractivity contribution is 0.384. The van der Waals surface area contributed by atoms with Crippen LogP contribution in [0.15, 0.2) is 41.7 Å². The first-order valence-corrected chi connectivity index (χ1v) is 6.78. The number of para-hydroxylation sites is 1. The first-order valence-electron chi connectivity index (χ1n) is 5.20. The molecule has 2 aliphatic rings. The molecule has 4 nitrogen and oxygen atoms in total. The number of rotatable bonds is 0. The summed E-state index contributed by atoms with van der Waals surface area (Å²) in [6.45, 7) is 0. The van der Waals surface area contributed by atoms with Crippen LogP contribution in [-0.2, 0) is 4.57 Å². The van der Waals surface area contributed by atoms with E-state index in [0.29, 0.717) is 17.5 Å². The summed E-state index contributed by atoms with van der Waals surface area (Å²) in [5.41, 5.74) is 1.77. The van der Waals surface area contributed by atoms with E-state index in [1.54, 1.807) is 12.1 Å². The van der Waals surface area contributed by atoms with Gasteiger partial charge in [-0.2, -0.15) is 0 Å². The Balaban J connectivity index is 0.00000108. The number of hydrogen-bond donors (Lipinski definition) is 2. The fourth-order valence-corrected chi connectivity index (χ4v) is 3.60. The third kappa shape index (κ3) is 1.84. The van der Waals surface area contributed by atoms with Gasteiger partial charge in [0, 0.05) is 5.56 Å². The Hall–Kier alpha value is -1.35. The van der Waals surface area contributed by atoms with E-state index < -0.39 is 7.60 Å². The lowest BCUT2D eigenvalue weighted by atomic mass is 9.98. The zero-order valence-electron chi connectivity index (χ0n) is 9.30. The summed E-state index contributed by atoms with van der Waals surface area (Å²) in [6, 6.07) is 7.35. The second-order valence-corrected chi connectivity index (χ2v) is 5.67. The molecule has 0 fully saturated rings. The quantitative estimate of drug-likeness (QED) is 0.691. The van der Waals surface area contributed by atoms with Crippen molar-refractivity contribution in [3.05, 3.63) is 47.3 Å². The summed E-state index contributed by atoms with van der Waals surface area (Å²) in [7, 11) is -3.62. The van der Waals surface area contributed by atoms with Crippen molar-refractivity contribution >= 4 is 13.2 Å². The summed E-state index contributed by atoms with van der Waals surface area (Å²) >= 11 is 0. The van der Waals surface area contributed by atoms with Crippen LogP contribution in [0.5, 0.6) is 5.75 Å². The molecule has 4 N–H and O–H groups in total. The van der Waals surface area contributed by atoms with Crippen LogP contribution < -0.4 is 10.7 Å². The van der Waals surface area contributed by atoms with Crippen molar-refractivity contribution in [2.45, 2.75) is 12.8 Å². The molecule has 0 bridgehead atoms. The van der Waals surface area contributed by atoms with Gasteiger partial charge in [0.25, 0.3) is 0 Å². The molecule has 0 spiro atoms. The van der Waals surface area contributed by atoms with Crippen LogP contribution in [-0.4, -0.2) is 4.89 Å². The van der Waals surface area contributed by atoms with Crippen LogP contribution in [0, 0.1) is 0 Å². The van der Waals surface area contributed by atoms with Gasteiger partial charge in [0.15, 0.2) is 0 Å². The third-order valence-electron chi connectivity index (χ3n) is 2.88. The van der Waals surface area contributed by atoms with Gasteiger partial charge in [0.05, 0.1) is 5.31 Å². The molecule has 0 radical (unpaired) electrons. The summed E-state index contributed by atoms with van der Waals surface area (Å²) in [4.78, 5) is 9.86. The third-order valence-corrected chi connectivity index (χ3v) is 4.47. The SMILES string of the molecule is N.O=P1(O)Oc2ccccc2C2=C1CCC=C2. The largest absolute Gasteiger partial charge is 0.421 e. The number of benzene rings is 1. The van der Waals surface area contributed by atoms with Crippen LogP contribution in [0.4, 0.5) is 0 Å². The highest BCUT2D eigenvalue weighted by atomic mass is 31.2. The fourth-order valence-electron chi connectivity index (χ4n) is 2.15. The second-order valence-electron chi connectivity index (χ2n) is 3.91. The molecule has 1 aliphatic heterocycles. The van der Waals surface area contributed by atoms with Crippen LogP contribution in [0.2, 0.25) is 0 Å². The Labute approximate surface area is 99.7 Å². The van der Waals surface area contributed by atoms with E-state index in [0.717, 1.165) is 17.6 Å². The molecule has 0 amide bonds. The molecule has 1 heterocycles. The first kappa shape index (κ1) is 12.1. The zero-order valence-corrected chi connectivity index (χ0v) is 10.2. The predicted molar refractivity (Wildman–Crippen MR) is 67.2 cm³/mol. The summed E-state index contributed by atoms with van der Waals surface area (Å²) in [6.07, 6.45) is 5.35. The van der Waals surface area contributed by atoms with Gasteiger partial charge < -0.3 is 15.6 Å². The molecule has 3 rings (SSSR count). The van der Waals surface area contributed by atoms with Gasteiger partial charge in [0.2, 0.25) is 0 Å². The van der Waals surface area contributed by atoms with Crippen molar-refractivity contribution in [1.29, 1.82) is 0 Å². The van der Waals surface area contributed by atoms with E-state index in [4.69, 9.17) is 4.52 Å². The van der Waals surface area contributed by atoms with Gasteiger partial charge in [-0.3, -0.25) is 0 Å². The second kappa shape index (κ2) is 4.15. The van der Waals surface area contributed by atoms with Crippen molar-refractivity contribution in [1.82, 2.24) is 6.15 Å². The minimum Gasteiger partial charge on any atom is -0.421 e. The minimum absolute atomic E-state index is 0. The van der Waals surface area contributed by atoms with Crippen molar-refractivity contribution in [3.63, 3.8) is 0 Å². The van der Waals surface area contributed by atoms with Gasteiger partial charge in [-0.15, -0.1) is 0 Å². The van der Waals surface area contributed by atoms with E-state index in [-0.39, 0.29) is 6.15 Å². The van der Waals surface area contributed by atoms with Gasteiger partial charge >= 0.3 is 7.60 Å². The molecular formula is C12H14NO3P. The molecule has 1 aliphatic carbocycles. The number of fused-ring (bicyclic) bond motifs is 2. The number of allylic oxidation sites excluding steroid dienone is 4. The van der Waals surface area contributed by atoms with E-state index in [2.05, 4.69) is 0 Å². The molecule has 0 aromatic heterocycles. The first-order chi connectivity index (χ1) is 7.68. The maximum atomic E-state index is 12.0. The van der Waals surface area contributed by atoms with Gasteiger partial charge in [-0.25, -0.2) is 4.57 Å². The maximum absolute atomic E-state index is 12.0. The Morgan fingerprint density at radius 3 is 2.88 bits per heavy atom. The average Bonchev–Trinajstić information content (AvgIpc) is 2.29. The van der Waals surface area contributed by atoms with Crippen LogP contribution in [0.3, 0.4) is 0 Å². The van der Waals surface area contributed by atoms with Crippen molar-refractivity contribution in [3.8, 4) is 5.75 Å². The molecule has 1 unspecified atom stereocenters. The van der Waals surface area contributed by atoms with E-state index in [1.807, 2.05) is 24.3 Å². The monoisotopic (exact) mass is 251 g/mol. The zero-order chi connectivity index (χ0) is 11.2. The standard InChI is InChI=1S/C12H11O3P.H3N/c13-16(14)12-8-4-2-6-10(12)9-5-1-3-7-11(9)15-16;/h1-3,5-7H,4,8H2,(H,13,14);1H3. The maximum Gasteiger partial charge on any atom is 0.404 e. The Morgan fingerprint density at radius 1 is 1.29 bits per heavy atom. The molecular weight excluding hydrogens is 237 g/mol. The van der Waals surface area contributed by atoms with Crippen LogP contribution in [0.1, 0.15) is 18.4 Å². The van der Waals surface area contributed by atoms with Crippen molar-refractivity contribution in [2.24, 2.45) is 0 Å².